The van der Waals surface area contributed by atoms with Crippen LogP contribution < -0.4 is 10.2 Å². The average molecular weight is 477 g/mol. The van der Waals surface area contributed by atoms with Gasteiger partial charge in [-0.1, -0.05) is 18.0 Å². The number of rotatable bonds is 5. The highest BCUT2D eigenvalue weighted by Crippen LogP contribution is 2.38. The van der Waals surface area contributed by atoms with Crippen LogP contribution in [0.2, 0.25) is 5.02 Å². The molecule has 0 radical (unpaired) electrons. The quantitative estimate of drug-likeness (QED) is 0.650. The molecular weight excluding hydrogens is 446 g/mol. The molecule has 1 amide bonds. The summed E-state index contributed by atoms with van der Waals surface area (Å²) in [5.74, 6) is -3.07. The molecule has 1 N–H and O–H groups in total. The van der Waals surface area contributed by atoms with Gasteiger partial charge in [0.25, 0.3) is 11.8 Å². The number of nitrogens with one attached hydrogen (secondary N) is 1. The number of aromatic nitrogens is 1. The Labute approximate surface area is 198 Å². The highest BCUT2D eigenvalue weighted by atomic mass is 35.5. The number of hydrogen-bond acceptors (Lipinski definition) is 4. The zero-order chi connectivity index (χ0) is 23.0. The van der Waals surface area contributed by atoms with Crippen molar-refractivity contribution >= 4 is 34.2 Å². The number of pyridine rings is 1. The molecule has 1 aromatic carbocycles. The summed E-state index contributed by atoms with van der Waals surface area (Å²) in [7, 11) is 0. The maximum absolute atomic E-state index is 14.2. The number of halogens is 3. The Morgan fingerprint density at radius 2 is 1.91 bits per heavy atom. The third kappa shape index (κ3) is 4.67. The predicted octanol–water partition coefficient (Wildman–Crippen LogP) is 5.12. The van der Waals surface area contributed by atoms with E-state index in [0.717, 1.165) is 31.7 Å². The second kappa shape index (κ2) is 9.34. The summed E-state index contributed by atoms with van der Waals surface area (Å²) in [5.41, 5.74) is 0.998. The molecule has 2 aromatic rings. The average Bonchev–Trinajstić information content (AvgIpc) is 3.49. The van der Waals surface area contributed by atoms with Gasteiger partial charge in [0, 0.05) is 43.4 Å². The maximum Gasteiger partial charge on any atom is 0.253 e. The van der Waals surface area contributed by atoms with Gasteiger partial charge in [-0.15, -0.1) is 0 Å². The molecule has 3 heterocycles. The molecule has 5 nitrogen and oxygen atoms in total. The molecule has 178 valence electrons. The number of anilines is 1. The highest BCUT2D eigenvalue weighted by Gasteiger charge is 2.41. The number of benzene rings is 1. The van der Waals surface area contributed by atoms with Crippen molar-refractivity contribution in [2.24, 2.45) is 5.92 Å². The molecule has 1 aliphatic carbocycles. The second-order valence-electron chi connectivity index (χ2n) is 9.70. The van der Waals surface area contributed by atoms with Gasteiger partial charge in [0.1, 0.15) is 5.82 Å². The Bertz CT molecular complexity index is 1030. The largest absolute Gasteiger partial charge is 0.355 e. The zero-order valence-corrected chi connectivity index (χ0v) is 19.6. The lowest BCUT2D eigenvalue weighted by atomic mass is 9.85. The summed E-state index contributed by atoms with van der Waals surface area (Å²) in [6, 6.07) is 7.89. The van der Waals surface area contributed by atoms with Crippen molar-refractivity contribution in [2.45, 2.75) is 56.9 Å². The number of alkyl halides is 2. The van der Waals surface area contributed by atoms with Gasteiger partial charge < -0.3 is 10.2 Å². The van der Waals surface area contributed by atoms with Crippen LogP contribution in [0.1, 0.15) is 55.3 Å². The van der Waals surface area contributed by atoms with Gasteiger partial charge in [-0.3, -0.25) is 9.69 Å². The van der Waals surface area contributed by atoms with Crippen molar-refractivity contribution in [2.75, 3.05) is 37.6 Å². The molecule has 33 heavy (non-hydrogen) atoms. The third-order valence-electron chi connectivity index (χ3n) is 7.60. The second-order valence-corrected chi connectivity index (χ2v) is 10.1. The number of amides is 1. The molecule has 0 bridgehead atoms. The minimum absolute atomic E-state index is 0.0459. The summed E-state index contributed by atoms with van der Waals surface area (Å²) in [6.45, 7) is 4.27. The van der Waals surface area contributed by atoms with E-state index < -0.39 is 17.7 Å². The first kappa shape index (κ1) is 22.8. The predicted molar refractivity (Wildman–Crippen MR) is 127 cm³/mol. The van der Waals surface area contributed by atoms with E-state index in [1.54, 1.807) is 6.07 Å². The molecule has 2 atom stereocenters. The van der Waals surface area contributed by atoms with Gasteiger partial charge in [-0.25, -0.2) is 13.8 Å². The Kier molecular flexibility index (Phi) is 6.45. The minimum atomic E-state index is -2.73. The fourth-order valence-corrected chi connectivity index (χ4v) is 5.90. The fraction of sp³-hybridized carbons (Fsp3) is 0.600. The van der Waals surface area contributed by atoms with Crippen LogP contribution in [0.3, 0.4) is 0 Å². The number of nitrogens with zero attached hydrogens (tertiary/aromatic N) is 3. The first-order valence-electron chi connectivity index (χ1n) is 12.2. The molecule has 2 saturated heterocycles. The first-order chi connectivity index (χ1) is 15.9. The highest BCUT2D eigenvalue weighted by molar-refractivity contribution is 6.35. The lowest BCUT2D eigenvalue weighted by molar-refractivity contribution is -0.0835. The first-order valence-corrected chi connectivity index (χ1v) is 12.5. The van der Waals surface area contributed by atoms with Crippen molar-refractivity contribution in [1.82, 2.24) is 15.2 Å². The molecule has 8 heteroatoms. The van der Waals surface area contributed by atoms with Crippen LogP contribution in [0.4, 0.5) is 14.6 Å². The SMILES string of the molecule is O=C(NCC1CCCCC1(F)F)c1c(Cl)ccc2nc(N3CCC(N4CCCC4)C3)ccc12. The number of carbonyl (C=O) groups is 1. The van der Waals surface area contributed by atoms with Crippen molar-refractivity contribution in [3.63, 3.8) is 0 Å². The van der Waals surface area contributed by atoms with Gasteiger partial charge in [0.2, 0.25) is 0 Å². The van der Waals surface area contributed by atoms with E-state index in [4.69, 9.17) is 16.6 Å². The molecule has 2 unspecified atom stereocenters. The number of hydrogen-bond donors (Lipinski definition) is 1. The molecule has 2 aliphatic heterocycles. The molecule has 1 saturated carbocycles. The number of fused-ring (bicyclic) bond motifs is 1. The lowest BCUT2D eigenvalue weighted by Gasteiger charge is -2.31. The normalized spacial score (nSPS) is 25.6. The lowest BCUT2D eigenvalue weighted by Crippen LogP contribution is -2.40. The van der Waals surface area contributed by atoms with Crippen LogP contribution in [-0.4, -0.2) is 60.5 Å². The summed E-state index contributed by atoms with van der Waals surface area (Å²) in [6.07, 6.45) is 5.34. The van der Waals surface area contributed by atoms with Crippen LogP contribution in [0.5, 0.6) is 0 Å². The summed E-state index contributed by atoms with van der Waals surface area (Å²) >= 11 is 6.38. The van der Waals surface area contributed by atoms with E-state index in [0.29, 0.717) is 40.4 Å². The Hall–Kier alpha value is -1.99. The summed E-state index contributed by atoms with van der Waals surface area (Å²) < 4.78 is 28.4. The van der Waals surface area contributed by atoms with Crippen LogP contribution >= 0.6 is 11.6 Å². The van der Waals surface area contributed by atoms with Crippen LogP contribution in [0, 0.1) is 5.92 Å². The monoisotopic (exact) mass is 476 g/mol. The van der Waals surface area contributed by atoms with E-state index in [2.05, 4.69) is 15.1 Å². The van der Waals surface area contributed by atoms with Gasteiger partial charge >= 0.3 is 0 Å². The third-order valence-corrected chi connectivity index (χ3v) is 7.91. The van der Waals surface area contributed by atoms with E-state index >= 15 is 0 Å². The standard InChI is InChI=1S/C25H31ClF2N4O/c26-20-7-8-21-19(23(20)24(33)29-15-17-5-1-2-11-25(17,27)28)6-9-22(30-21)32-14-10-18(16-32)31-12-3-4-13-31/h6-9,17-18H,1-5,10-16H2,(H,29,33). The zero-order valence-electron chi connectivity index (χ0n) is 18.8. The Balaban J connectivity index is 1.32. The van der Waals surface area contributed by atoms with Crippen LogP contribution in [0.25, 0.3) is 10.9 Å². The molecular formula is C25H31ClF2N4O. The van der Waals surface area contributed by atoms with E-state index in [-0.39, 0.29) is 13.0 Å². The van der Waals surface area contributed by atoms with Gasteiger partial charge in [-0.05, 0) is 69.5 Å². The van der Waals surface area contributed by atoms with Gasteiger partial charge in [0.05, 0.1) is 16.1 Å². The Morgan fingerprint density at radius 3 is 2.70 bits per heavy atom. The van der Waals surface area contributed by atoms with Crippen LogP contribution in [-0.2, 0) is 0 Å². The van der Waals surface area contributed by atoms with Crippen molar-refractivity contribution in [3.05, 3.63) is 34.9 Å². The van der Waals surface area contributed by atoms with Crippen molar-refractivity contribution in [3.8, 4) is 0 Å². The molecule has 5 rings (SSSR count). The molecule has 0 spiro atoms. The fourth-order valence-electron chi connectivity index (χ4n) is 5.65. The van der Waals surface area contributed by atoms with Crippen molar-refractivity contribution in [1.29, 1.82) is 0 Å². The smallest absolute Gasteiger partial charge is 0.253 e. The van der Waals surface area contributed by atoms with Gasteiger partial charge in [-0.2, -0.15) is 0 Å². The topological polar surface area (TPSA) is 48.5 Å². The molecule has 1 aromatic heterocycles. The number of likely N-dealkylation sites (tertiary alicyclic amines) is 1. The van der Waals surface area contributed by atoms with E-state index in [1.807, 2.05) is 18.2 Å². The summed E-state index contributed by atoms with van der Waals surface area (Å²) in [4.78, 5) is 22.7. The van der Waals surface area contributed by atoms with Gasteiger partial charge in [0.15, 0.2) is 0 Å². The number of carbonyl (C=O) groups excluding carboxylic acids is 1. The van der Waals surface area contributed by atoms with Crippen molar-refractivity contribution < 1.29 is 13.6 Å². The Morgan fingerprint density at radius 1 is 1.09 bits per heavy atom. The van der Waals surface area contributed by atoms with Crippen LogP contribution in [0.15, 0.2) is 24.3 Å². The molecule has 3 fully saturated rings. The van der Waals surface area contributed by atoms with E-state index in [9.17, 15) is 13.6 Å². The van der Waals surface area contributed by atoms with E-state index in [1.165, 1.54) is 25.9 Å². The minimum Gasteiger partial charge on any atom is -0.355 e. The molecule has 3 aliphatic rings. The summed E-state index contributed by atoms with van der Waals surface area (Å²) in [5, 5.41) is 3.67. The maximum atomic E-state index is 14.2.